The summed E-state index contributed by atoms with van der Waals surface area (Å²) in [5, 5.41) is 5.84. The largest absolute Gasteiger partial charge is 0.418 e. The molecule has 2 aromatic carbocycles. The van der Waals surface area contributed by atoms with Crippen molar-refractivity contribution >= 4 is 23.0 Å². The van der Waals surface area contributed by atoms with Crippen LogP contribution in [0.3, 0.4) is 0 Å². The maximum Gasteiger partial charge on any atom is 0.418 e. The van der Waals surface area contributed by atoms with Crippen LogP contribution in [0.5, 0.6) is 0 Å². The van der Waals surface area contributed by atoms with Gasteiger partial charge in [-0.05, 0) is 56.2 Å². The van der Waals surface area contributed by atoms with Crippen LogP contribution in [0.1, 0.15) is 35.2 Å². The number of halogens is 3. The van der Waals surface area contributed by atoms with E-state index in [4.69, 9.17) is 12.2 Å². The van der Waals surface area contributed by atoms with Crippen LogP contribution in [0.15, 0.2) is 42.5 Å². The lowest BCUT2D eigenvalue weighted by atomic mass is 10.0. The predicted molar refractivity (Wildman–Crippen MR) is 95.1 cm³/mol. The number of hydrogen-bond donors (Lipinski definition) is 2. The molecule has 0 aliphatic rings. The van der Waals surface area contributed by atoms with Gasteiger partial charge in [-0.15, -0.1) is 0 Å². The third kappa shape index (κ3) is 4.47. The molecule has 0 aliphatic heterocycles. The molecule has 0 aliphatic carbocycles. The first-order chi connectivity index (χ1) is 11.2. The zero-order chi connectivity index (χ0) is 17.9. The Morgan fingerprint density at radius 1 is 1.08 bits per heavy atom. The van der Waals surface area contributed by atoms with Crippen LogP contribution in [0.2, 0.25) is 0 Å². The fourth-order valence-corrected chi connectivity index (χ4v) is 2.87. The van der Waals surface area contributed by atoms with Crippen molar-refractivity contribution < 1.29 is 13.2 Å². The molecular formula is C18H19F3N2S. The van der Waals surface area contributed by atoms with Gasteiger partial charge in [0.1, 0.15) is 0 Å². The number of hydrogen-bond acceptors (Lipinski definition) is 1. The maximum atomic E-state index is 13.0. The smallest absolute Gasteiger partial charge is 0.356 e. The molecule has 0 aromatic heterocycles. The van der Waals surface area contributed by atoms with Gasteiger partial charge in [-0.3, -0.25) is 0 Å². The summed E-state index contributed by atoms with van der Waals surface area (Å²) in [6.45, 7) is 5.92. The number of anilines is 1. The fraction of sp³-hybridized carbons (Fsp3) is 0.278. The number of nitrogens with one attached hydrogen (secondary N) is 2. The van der Waals surface area contributed by atoms with Crippen LogP contribution in [0.4, 0.5) is 18.9 Å². The van der Waals surface area contributed by atoms with E-state index >= 15 is 0 Å². The van der Waals surface area contributed by atoms with E-state index in [1.54, 1.807) is 0 Å². The lowest BCUT2D eigenvalue weighted by Crippen LogP contribution is -2.32. The molecule has 1 atom stereocenters. The van der Waals surface area contributed by atoms with Crippen molar-refractivity contribution in [3.8, 4) is 0 Å². The monoisotopic (exact) mass is 352 g/mol. The normalized spacial score (nSPS) is 12.6. The second-order valence-electron chi connectivity index (χ2n) is 5.72. The topological polar surface area (TPSA) is 24.1 Å². The number of aryl methyl sites for hydroxylation is 2. The summed E-state index contributed by atoms with van der Waals surface area (Å²) in [5.74, 6) is 0. The molecule has 0 unspecified atom stereocenters. The average Bonchev–Trinajstić information content (AvgIpc) is 2.46. The lowest BCUT2D eigenvalue weighted by Gasteiger charge is -2.21. The van der Waals surface area contributed by atoms with E-state index in [2.05, 4.69) is 16.7 Å². The molecule has 0 fully saturated rings. The van der Waals surface area contributed by atoms with Crippen molar-refractivity contribution in [3.63, 3.8) is 0 Å². The second-order valence-corrected chi connectivity index (χ2v) is 6.13. The van der Waals surface area contributed by atoms with Gasteiger partial charge >= 0.3 is 6.18 Å². The van der Waals surface area contributed by atoms with Crippen molar-refractivity contribution in [1.82, 2.24) is 5.32 Å². The second kappa shape index (κ2) is 7.21. The fourth-order valence-electron chi connectivity index (χ4n) is 2.58. The number of thiocarbonyl (C=S) groups is 1. The first kappa shape index (κ1) is 18.3. The SMILES string of the molecule is Cc1ccc([C@@H](C)NC(=S)Nc2ccccc2C(F)(F)F)c(C)c1. The van der Waals surface area contributed by atoms with E-state index in [1.807, 2.05) is 32.9 Å². The summed E-state index contributed by atoms with van der Waals surface area (Å²) in [4.78, 5) is 0. The Bertz CT molecular complexity index is 741. The molecule has 2 rings (SSSR count). The van der Waals surface area contributed by atoms with Gasteiger partial charge in [-0.2, -0.15) is 13.2 Å². The van der Waals surface area contributed by atoms with E-state index in [0.717, 1.165) is 22.8 Å². The van der Waals surface area contributed by atoms with Gasteiger partial charge in [0.05, 0.1) is 17.3 Å². The summed E-state index contributed by atoms with van der Waals surface area (Å²) in [6, 6.07) is 11.2. The molecule has 0 saturated carbocycles. The van der Waals surface area contributed by atoms with E-state index < -0.39 is 11.7 Å². The van der Waals surface area contributed by atoms with Gasteiger partial charge in [0.25, 0.3) is 0 Å². The summed E-state index contributed by atoms with van der Waals surface area (Å²) in [6.07, 6.45) is -4.43. The molecule has 0 saturated heterocycles. The first-order valence-corrected chi connectivity index (χ1v) is 7.90. The molecule has 0 amide bonds. The van der Waals surface area contributed by atoms with Gasteiger partial charge in [0.2, 0.25) is 0 Å². The molecule has 0 spiro atoms. The minimum Gasteiger partial charge on any atom is -0.356 e. The highest BCUT2D eigenvalue weighted by molar-refractivity contribution is 7.80. The molecule has 6 heteroatoms. The molecule has 0 bridgehead atoms. The van der Waals surface area contributed by atoms with Gasteiger partial charge < -0.3 is 10.6 Å². The zero-order valence-corrected chi connectivity index (χ0v) is 14.5. The first-order valence-electron chi connectivity index (χ1n) is 7.49. The van der Waals surface area contributed by atoms with Gasteiger partial charge in [0.15, 0.2) is 5.11 Å². The van der Waals surface area contributed by atoms with Crippen LogP contribution in [0.25, 0.3) is 0 Å². The van der Waals surface area contributed by atoms with Crippen molar-refractivity contribution in [1.29, 1.82) is 0 Å². The van der Waals surface area contributed by atoms with Crippen molar-refractivity contribution in [2.45, 2.75) is 33.0 Å². The van der Waals surface area contributed by atoms with Crippen LogP contribution in [0, 0.1) is 13.8 Å². The molecule has 0 radical (unpaired) electrons. The van der Waals surface area contributed by atoms with Gasteiger partial charge in [0, 0.05) is 0 Å². The van der Waals surface area contributed by atoms with Gasteiger partial charge in [-0.1, -0.05) is 35.9 Å². The Kier molecular flexibility index (Phi) is 5.49. The van der Waals surface area contributed by atoms with Gasteiger partial charge in [-0.25, -0.2) is 0 Å². The number of alkyl halides is 3. The summed E-state index contributed by atoms with van der Waals surface area (Å²) >= 11 is 5.17. The third-order valence-electron chi connectivity index (χ3n) is 3.72. The minimum atomic E-state index is -4.43. The highest BCUT2D eigenvalue weighted by atomic mass is 32.1. The summed E-state index contributed by atoms with van der Waals surface area (Å²) in [7, 11) is 0. The molecule has 2 N–H and O–H groups in total. The van der Waals surface area contributed by atoms with E-state index in [1.165, 1.54) is 18.2 Å². The molecule has 2 aromatic rings. The number of rotatable bonds is 3. The highest BCUT2D eigenvalue weighted by Crippen LogP contribution is 2.34. The van der Waals surface area contributed by atoms with Crippen LogP contribution in [-0.4, -0.2) is 5.11 Å². The van der Waals surface area contributed by atoms with Crippen molar-refractivity contribution in [2.24, 2.45) is 0 Å². The van der Waals surface area contributed by atoms with E-state index in [0.29, 0.717) is 0 Å². The molecule has 2 nitrogen and oxygen atoms in total. The Hall–Kier alpha value is -2.08. The quantitative estimate of drug-likeness (QED) is 0.726. The number of benzene rings is 2. The van der Waals surface area contributed by atoms with Crippen molar-refractivity contribution in [2.75, 3.05) is 5.32 Å². The Morgan fingerprint density at radius 3 is 2.38 bits per heavy atom. The molecule has 0 heterocycles. The zero-order valence-electron chi connectivity index (χ0n) is 13.7. The molecule has 24 heavy (non-hydrogen) atoms. The minimum absolute atomic E-state index is 0.0599. The maximum absolute atomic E-state index is 13.0. The summed E-state index contributed by atoms with van der Waals surface area (Å²) < 4.78 is 39.0. The van der Waals surface area contributed by atoms with Crippen LogP contribution < -0.4 is 10.6 Å². The number of para-hydroxylation sites is 1. The predicted octanol–water partition coefficient (Wildman–Crippen LogP) is 5.37. The van der Waals surface area contributed by atoms with Crippen LogP contribution in [-0.2, 0) is 6.18 Å². The molecule has 128 valence electrons. The van der Waals surface area contributed by atoms with E-state index in [-0.39, 0.29) is 16.8 Å². The molecular weight excluding hydrogens is 333 g/mol. The Balaban J connectivity index is 2.11. The standard InChI is InChI=1S/C18H19F3N2S/c1-11-8-9-14(12(2)10-11)13(3)22-17(24)23-16-7-5-4-6-15(16)18(19,20)21/h4-10,13H,1-3H3,(H2,22,23,24)/t13-/m1/s1. The summed E-state index contributed by atoms with van der Waals surface area (Å²) in [5.41, 5.74) is 2.51. The van der Waals surface area contributed by atoms with Crippen LogP contribution >= 0.6 is 12.2 Å². The average molecular weight is 352 g/mol. The lowest BCUT2D eigenvalue weighted by molar-refractivity contribution is -0.136. The Labute approximate surface area is 145 Å². The van der Waals surface area contributed by atoms with E-state index in [9.17, 15) is 13.2 Å². The van der Waals surface area contributed by atoms with Crippen molar-refractivity contribution in [3.05, 3.63) is 64.7 Å². The third-order valence-corrected chi connectivity index (χ3v) is 3.94. The Morgan fingerprint density at radius 2 is 1.75 bits per heavy atom. The highest BCUT2D eigenvalue weighted by Gasteiger charge is 2.33.